The molecule has 2 aromatic rings. The van der Waals surface area contributed by atoms with Gasteiger partial charge >= 0.3 is 12.1 Å². The third-order valence-corrected chi connectivity index (χ3v) is 7.04. The summed E-state index contributed by atoms with van der Waals surface area (Å²) < 4.78 is 5.57. The maximum atomic E-state index is 13.1. The van der Waals surface area contributed by atoms with E-state index in [4.69, 9.17) is 4.74 Å². The van der Waals surface area contributed by atoms with Gasteiger partial charge in [-0.2, -0.15) is 11.8 Å². The Balaban J connectivity index is 1.44. The highest BCUT2D eigenvalue weighted by Gasteiger charge is 2.41. The normalized spacial score (nSPS) is 19.9. The molecule has 0 unspecified atom stereocenters. The number of carboxylic acid groups (broad SMARTS) is 1. The topological polar surface area (TPSA) is 116 Å². The van der Waals surface area contributed by atoms with Crippen LogP contribution < -0.4 is 5.32 Å². The summed E-state index contributed by atoms with van der Waals surface area (Å²) in [5.74, 6) is -1.21. The van der Waals surface area contributed by atoms with Gasteiger partial charge in [0.05, 0.1) is 6.10 Å². The number of rotatable bonds is 8. The van der Waals surface area contributed by atoms with Crippen molar-refractivity contribution in [2.24, 2.45) is 0 Å². The molecule has 1 aliphatic carbocycles. The molecule has 4 rings (SSSR count). The van der Waals surface area contributed by atoms with Gasteiger partial charge in [0.1, 0.15) is 18.7 Å². The van der Waals surface area contributed by atoms with Crippen molar-refractivity contribution in [1.29, 1.82) is 0 Å². The number of aliphatic hydroxyl groups is 1. The average Bonchev–Trinajstić information content (AvgIpc) is 3.38. The SMILES string of the molecule is CSCC[C@@H](NC(=O)OCC1c2ccccc2-c2ccccc21)C(=O)N1C[C@@H](O)C[C@H]1C(=O)O. The molecular weight excluding hydrogens is 456 g/mol. The summed E-state index contributed by atoms with van der Waals surface area (Å²) in [6.07, 6.45) is 0.549. The molecule has 3 atom stereocenters. The number of nitrogens with one attached hydrogen (secondary N) is 1. The molecule has 34 heavy (non-hydrogen) atoms. The molecule has 2 aliphatic rings. The molecule has 1 saturated heterocycles. The molecule has 0 saturated carbocycles. The molecule has 1 fully saturated rings. The summed E-state index contributed by atoms with van der Waals surface area (Å²) in [5.41, 5.74) is 4.41. The number of benzene rings is 2. The second-order valence-corrected chi connectivity index (χ2v) is 9.52. The fourth-order valence-electron chi connectivity index (χ4n) is 4.77. The van der Waals surface area contributed by atoms with Gasteiger partial charge in [0.25, 0.3) is 0 Å². The molecule has 9 heteroatoms. The highest BCUT2D eigenvalue weighted by atomic mass is 32.2. The zero-order valence-corrected chi connectivity index (χ0v) is 19.7. The zero-order chi connectivity index (χ0) is 24.2. The number of β-amino-alcohol motifs (C(OH)–C–C–N with tert-alkyl or cyclic N) is 1. The Morgan fingerprint density at radius 3 is 2.32 bits per heavy atom. The first-order chi connectivity index (χ1) is 16.4. The minimum atomic E-state index is -1.17. The number of hydrogen-bond acceptors (Lipinski definition) is 6. The number of thioether (sulfide) groups is 1. The van der Waals surface area contributed by atoms with Gasteiger partial charge in [0.2, 0.25) is 5.91 Å². The van der Waals surface area contributed by atoms with Crippen LogP contribution in [0.5, 0.6) is 0 Å². The second-order valence-electron chi connectivity index (χ2n) is 8.54. The number of hydrogen-bond donors (Lipinski definition) is 3. The number of aliphatic carboxylic acids is 1. The van der Waals surface area contributed by atoms with Gasteiger partial charge in [-0.15, -0.1) is 0 Å². The molecule has 2 amide bonds. The number of nitrogens with zero attached hydrogens (tertiary/aromatic N) is 1. The minimum absolute atomic E-state index is 0.0265. The van der Waals surface area contributed by atoms with Gasteiger partial charge in [-0.1, -0.05) is 48.5 Å². The minimum Gasteiger partial charge on any atom is -0.480 e. The lowest BCUT2D eigenvalue weighted by atomic mass is 9.98. The van der Waals surface area contributed by atoms with Crippen LogP contribution in [0.4, 0.5) is 4.79 Å². The first-order valence-corrected chi connectivity index (χ1v) is 12.6. The van der Waals surface area contributed by atoms with Crippen molar-refractivity contribution in [1.82, 2.24) is 10.2 Å². The highest BCUT2D eigenvalue weighted by molar-refractivity contribution is 7.98. The fraction of sp³-hybridized carbons (Fsp3) is 0.400. The predicted octanol–water partition coefficient (Wildman–Crippen LogP) is 2.69. The first-order valence-electron chi connectivity index (χ1n) is 11.2. The fourth-order valence-corrected chi connectivity index (χ4v) is 5.24. The Bertz CT molecular complexity index is 1030. The smallest absolute Gasteiger partial charge is 0.407 e. The van der Waals surface area contributed by atoms with Crippen LogP contribution in [-0.2, 0) is 14.3 Å². The van der Waals surface area contributed by atoms with E-state index in [9.17, 15) is 24.6 Å². The molecule has 0 bridgehead atoms. The van der Waals surface area contributed by atoms with Gasteiger partial charge < -0.3 is 25.2 Å². The van der Waals surface area contributed by atoms with Crippen LogP contribution in [0.25, 0.3) is 11.1 Å². The summed E-state index contributed by atoms with van der Waals surface area (Å²) >= 11 is 1.51. The lowest BCUT2D eigenvalue weighted by molar-refractivity contribution is -0.149. The molecule has 180 valence electrons. The van der Waals surface area contributed by atoms with Gasteiger partial charge in [0, 0.05) is 18.9 Å². The van der Waals surface area contributed by atoms with E-state index in [1.807, 2.05) is 42.7 Å². The van der Waals surface area contributed by atoms with Crippen molar-refractivity contribution in [3.63, 3.8) is 0 Å². The summed E-state index contributed by atoms with van der Waals surface area (Å²) in [6, 6.07) is 14.0. The molecule has 0 aromatic heterocycles. The number of amides is 2. The maximum absolute atomic E-state index is 13.1. The molecule has 0 spiro atoms. The van der Waals surface area contributed by atoms with E-state index < -0.39 is 36.2 Å². The molecule has 2 aromatic carbocycles. The monoisotopic (exact) mass is 484 g/mol. The maximum Gasteiger partial charge on any atom is 0.407 e. The standard InChI is InChI=1S/C25H28N2O6S/c1-34-11-10-21(23(29)27-13-15(28)12-22(27)24(30)31)26-25(32)33-14-20-18-8-4-2-6-16(18)17-7-3-5-9-19(17)20/h2-9,15,20-22,28H,10-14H2,1H3,(H,26,32)(H,30,31)/t15-,21+,22-/m0/s1. The molecule has 1 aliphatic heterocycles. The Morgan fingerprint density at radius 2 is 1.74 bits per heavy atom. The average molecular weight is 485 g/mol. The highest BCUT2D eigenvalue weighted by Crippen LogP contribution is 2.44. The molecule has 3 N–H and O–H groups in total. The van der Waals surface area contributed by atoms with E-state index in [0.717, 1.165) is 27.2 Å². The van der Waals surface area contributed by atoms with Crippen molar-refractivity contribution in [2.45, 2.75) is 36.9 Å². The lowest BCUT2D eigenvalue weighted by Crippen LogP contribution is -2.52. The van der Waals surface area contributed by atoms with Crippen LogP contribution in [0.1, 0.15) is 29.9 Å². The summed E-state index contributed by atoms with van der Waals surface area (Å²) in [4.78, 5) is 38.5. The van der Waals surface area contributed by atoms with Crippen LogP contribution in [0.3, 0.4) is 0 Å². The van der Waals surface area contributed by atoms with Crippen molar-refractivity contribution in [3.05, 3.63) is 59.7 Å². The van der Waals surface area contributed by atoms with Gasteiger partial charge in [0.15, 0.2) is 0 Å². The van der Waals surface area contributed by atoms with E-state index in [-0.39, 0.29) is 25.5 Å². The van der Waals surface area contributed by atoms with Crippen molar-refractivity contribution in [3.8, 4) is 11.1 Å². The Labute approximate surface area is 202 Å². The van der Waals surface area contributed by atoms with Crippen molar-refractivity contribution >= 4 is 29.7 Å². The number of ether oxygens (including phenoxy) is 1. The number of likely N-dealkylation sites (tertiary alicyclic amines) is 1. The number of aliphatic hydroxyl groups excluding tert-OH is 1. The van der Waals surface area contributed by atoms with Crippen molar-refractivity contribution < 1.29 is 29.3 Å². The van der Waals surface area contributed by atoms with Gasteiger partial charge in [-0.25, -0.2) is 9.59 Å². The quantitative estimate of drug-likeness (QED) is 0.528. The van der Waals surface area contributed by atoms with E-state index in [0.29, 0.717) is 12.2 Å². The summed E-state index contributed by atoms with van der Waals surface area (Å²) in [6.45, 7) is 0.0431. The number of carbonyl (C=O) groups excluding carboxylic acids is 2. The Kier molecular flexibility index (Phi) is 7.43. The van der Waals surface area contributed by atoms with Crippen molar-refractivity contribution in [2.75, 3.05) is 25.2 Å². The van der Waals surface area contributed by atoms with E-state index >= 15 is 0 Å². The Hall–Kier alpha value is -3.04. The van der Waals surface area contributed by atoms with Crippen LogP contribution in [-0.4, -0.2) is 76.4 Å². The summed E-state index contributed by atoms with van der Waals surface area (Å²) in [5, 5.41) is 22.0. The second kappa shape index (κ2) is 10.5. The van der Waals surface area contributed by atoms with E-state index in [1.54, 1.807) is 0 Å². The largest absolute Gasteiger partial charge is 0.480 e. The third kappa shape index (κ3) is 4.90. The number of carboxylic acids is 1. The predicted molar refractivity (Wildman–Crippen MR) is 129 cm³/mol. The van der Waals surface area contributed by atoms with Crippen LogP contribution in [0.15, 0.2) is 48.5 Å². The van der Waals surface area contributed by atoms with Crippen LogP contribution in [0, 0.1) is 0 Å². The molecule has 0 radical (unpaired) electrons. The zero-order valence-electron chi connectivity index (χ0n) is 18.8. The third-order valence-electron chi connectivity index (χ3n) is 6.39. The van der Waals surface area contributed by atoms with E-state index in [2.05, 4.69) is 17.4 Å². The van der Waals surface area contributed by atoms with Gasteiger partial charge in [-0.3, -0.25) is 4.79 Å². The number of alkyl carbamates (subject to hydrolysis) is 1. The van der Waals surface area contributed by atoms with Gasteiger partial charge in [-0.05, 0) is 40.7 Å². The Morgan fingerprint density at radius 1 is 1.12 bits per heavy atom. The lowest BCUT2D eigenvalue weighted by Gasteiger charge is -2.27. The molecule has 8 nitrogen and oxygen atoms in total. The molecular formula is C25H28N2O6S. The van der Waals surface area contributed by atoms with E-state index in [1.165, 1.54) is 11.8 Å². The number of carbonyl (C=O) groups is 3. The summed E-state index contributed by atoms with van der Waals surface area (Å²) in [7, 11) is 0. The number of fused-ring (bicyclic) bond motifs is 3. The van der Waals surface area contributed by atoms with Crippen LogP contribution >= 0.6 is 11.8 Å². The first kappa shape index (κ1) is 24.1. The van der Waals surface area contributed by atoms with Crippen LogP contribution in [0.2, 0.25) is 0 Å². The molecule has 1 heterocycles.